The van der Waals surface area contributed by atoms with Gasteiger partial charge < -0.3 is 9.72 Å². The molecule has 0 bridgehead atoms. The normalized spacial score (nSPS) is 12.8. The van der Waals surface area contributed by atoms with E-state index < -0.39 is 0 Å². The van der Waals surface area contributed by atoms with Crippen molar-refractivity contribution in [1.29, 1.82) is 5.26 Å². The van der Waals surface area contributed by atoms with E-state index in [1.54, 1.807) is 12.1 Å². The lowest BCUT2D eigenvalue weighted by Crippen LogP contribution is -2.09. The zero-order valence-corrected chi connectivity index (χ0v) is 14.8. The average Bonchev–Trinajstić information content (AvgIpc) is 3.05. The van der Waals surface area contributed by atoms with Crippen LogP contribution < -0.4 is 4.74 Å². The molecule has 25 heavy (non-hydrogen) atoms. The second-order valence-corrected chi connectivity index (χ2v) is 6.21. The van der Waals surface area contributed by atoms with Gasteiger partial charge >= 0.3 is 0 Å². The molecule has 3 rings (SSSR count). The van der Waals surface area contributed by atoms with Crippen LogP contribution in [-0.4, -0.2) is 16.1 Å². The van der Waals surface area contributed by atoms with Crippen LogP contribution in [0.15, 0.2) is 42.5 Å². The SMILES string of the molecule is CC[C@@H](C)Oc1ccc(/C=C(/C#N)c2nc3ccccc3[nH]2)cc1Cl. The van der Waals surface area contributed by atoms with E-state index in [-0.39, 0.29) is 6.10 Å². The summed E-state index contributed by atoms with van der Waals surface area (Å²) in [5, 5.41) is 10.0. The molecule has 1 atom stereocenters. The average molecular weight is 352 g/mol. The number of halogens is 1. The molecular formula is C20H18ClN3O. The Bertz CT molecular complexity index is 935. The van der Waals surface area contributed by atoms with Crippen LogP contribution in [0.5, 0.6) is 5.75 Å². The molecule has 0 aliphatic heterocycles. The fourth-order valence-electron chi connectivity index (χ4n) is 2.40. The Kier molecular flexibility index (Phi) is 5.06. The molecule has 0 saturated carbocycles. The zero-order chi connectivity index (χ0) is 17.8. The van der Waals surface area contributed by atoms with E-state index in [0.717, 1.165) is 23.0 Å². The van der Waals surface area contributed by atoms with Crippen molar-refractivity contribution >= 4 is 34.3 Å². The number of aromatic nitrogens is 2. The number of aromatic amines is 1. The summed E-state index contributed by atoms with van der Waals surface area (Å²) in [6.45, 7) is 4.06. The lowest BCUT2D eigenvalue weighted by atomic mass is 10.1. The maximum absolute atomic E-state index is 9.50. The van der Waals surface area contributed by atoms with Crippen molar-refractivity contribution < 1.29 is 4.74 Å². The van der Waals surface area contributed by atoms with E-state index in [2.05, 4.69) is 23.0 Å². The highest BCUT2D eigenvalue weighted by Crippen LogP contribution is 2.28. The van der Waals surface area contributed by atoms with Gasteiger partial charge in [-0.15, -0.1) is 0 Å². The summed E-state index contributed by atoms with van der Waals surface area (Å²) in [6, 6.07) is 15.4. The maximum atomic E-state index is 9.50. The number of para-hydroxylation sites is 2. The van der Waals surface area contributed by atoms with Crippen LogP contribution in [0.2, 0.25) is 5.02 Å². The first-order chi connectivity index (χ1) is 12.1. The first-order valence-corrected chi connectivity index (χ1v) is 8.51. The second kappa shape index (κ2) is 7.42. The fraction of sp³-hybridized carbons (Fsp3) is 0.200. The molecule has 0 aliphatic rings. The van der Waals surface area contributed by atoms with Gasteiger partial charge in [0, 0.05) is 0 Å². The van der Waals surface area contributed by atoms with Crippen LogP contribution in [0, 0.1) is 11.3 Å². The Morgan fingerprint density at radius 3 is 2.84 bits per heavy atom. The smallest absolute Gasteiger partial charge is 0.149 e. The minimum atomic E-state index is 0.101. The third-order valence-corrected chi connectivity index (χ3v) is 4.23. The van der Waals surface area contributed by atoms with E-state index >= 15 is 0 Å². The van der Waals surface area contributed by atoms with Gasteiger partial charge in [-0.3, -0.25) is 0 Å². The van der Waals surface area contributed by atoms with Crippen molar-refractivity contribution in [2.75, 3.05) is 0 Å². The molecule has 0 spiro atoms. The van der Waals surface area contributed by atoms with Gasteiger partial charge in [0.05, 0.1) is 27.7 Å². The quantitative estimate of drug-likeness (QED) is 0.621. The number of nitrogens with one attached hydrogen (secondary N) is 1. The molecule has 0 unspecified atom stereocenters. The van der Waals surface area contributed by atoms with Crippen LogP contribution >= 0.6 is 11.6 Å². The summed E-state index contributed by atoms with van der Waals surface area (Å²) >= 11 is 6.31. The molecule has 0 saturated heterocycles. The van der Waals surface area contributed by atoms with Gasteiger partial charge in [0.1, 0.15) is 17.6 Å². The maximum Gasteiger partial charge on any atom is 0.149 e. The van der Waals surface area contributed by atoms with Gasteiger partial charge in [-0.05, 0) is 49.2 Å². The molecule has 126 valence electrons. The second-order valence-electron chi connectivity index (χ2n) is 5.80. The summed E-state index contributed by atoms with van der Waals surface area (Å²) in [5.74, 6) is 1.19. The summed E-state index contributed by atoms with van der Waals surface area (Å²) in [5.41, 5.74) is 2.99. The van der Waals surface area contributed by atoms with Crippen LogP contribution in [0.3, 0.4) is 0 Å². The minimum absolute atomic E-state index is 0.101. The van der Waals surface area contributed by atoms with Crippen LogP contribution in [0.25, 0.3) is 22.7 Å². The molecule has 5 heteroatoms. The van der Waals surface area contributed by atoms with E-state index in [4.69, 9.17) is 16.3 Å². The fourth-order valence-corrected chi connectivity index (χ4v) is 2.64. The highest BCUT2D eigenvalue weighted by Gasteiger charge is 2.10. The number of H-pyrrole nitrogens is 1. The Morgan fingerprint density at radius 1 is 1.36 bits per heavy atom. The monoisotopic (exact) mass is 351 g/mol. The number of rotatable bonds is 5. The molecule has 2 aromatic carbocycles. The first-order valence-electron chi connectivity index (χ1n) is 8.14. The largest absolute Gasteiger partial charge is 0.489 e. The Balaban J connectivity index is 1.92. The number of fused-ring (bicyclic) bond motifs is 1. The number of nitrogens with zero attached hydrogens (tertiary/aromatic N) is 2. The van der Waals surface area contributed by atoms with E-state index in [9.17, 15) is 5.26 Å². The topological polar surface area (TPSA) is 61.7 Å². The Hall–Kier alpha value is -2.77. The molecule has 0 aliphatic carbocycles. The Labute approximate surface area is 151 Å². The number of hydrogen-bond donors (Lipinski definition) is 1. The highest BCUT2D eigenvalue weighted by molar-refractivity contribution is 6.32. The van der Waals surface area contributed by atoms with Crippen LogP contribution in [-0.2, 0) is 0 Å². The third-order valence-electron chi connectivity index (χ3n) is 3.93. The minimum Gasteiger partial charge on any atom is -0.489 e. The summed E-state index contributed by atoms with van der Waals surface area (Å²) in [4.78, 5) is 7.63. The van der Waals surface area contributed by atoms with Crippen molar-refractivity contribution in [3.63, 3.8) is 0 Å². The van der Waals surface area contributed by atoms with Gasteiger partial charge in [-0.25, -0.2) is 4.98 Å². The van der Waals surface area contributed by atoms with Crippen LogP contribution in [0.4, 0.5) is 0 Å². The predicted molar refractivity (Wildman–Crippen MR) is 101 cm³/mol. The van der Waals surface area contributed by atoms with Crippen molar-refractivity contribution in [2.24, 2.45) is 0 Å². The predicted octanol–water partition coefficient (Wildman–Crippen LogP) is 5.46. The molecule has 0 radical (unpaired) electrons. The van der Waals surface area contributed by atoms with Crippen molar-refractivity contribution in [3.05, 3.63) is 58.9 Å². The number of hydrogen-bond acceptors (Lipinski definition) is 3. The summed E-state index contributed by atoms with van der Waals surface area (Å²) in [7, 11) is 0. The molecule has 3 aromatic rings. The van der Waals surface area contributed by atoms with Gasteiger partial charge in [0.15, 0.2) is 0 Å². The molecular weight excluding hydrogens is 334 g/mol. The number of ether oxygens (including phenoxy) is 1. The van der Waals surface area contributed by atoms with Crippen molar-refractivity contribution in [3.8, 4) is 11.8 Å². The van der Waals surface area contributed by atoms with Crippen molar-refractivity contribution in [1.82, 2.24) is 9.97 Å². The van der Waals surface area contributed by atoms with Gasteiger partial charge in [-0.1, -0.05) is 36.7 Å². The van der Waals surface area contributed by atoms with E-state index in [1.165, 1.54) is 0 Å². The number of allylic oxidation sites excluding steroid dienone is 1. The van der Waals surface area contributed by atoms with Gasteiger partial charge in [0.25, 0.3) is 0 Å². The number of nitriles is 1. The molecule has 1 heterocycles. The Morgan fingerprint density at radius 2 is 2.16 bits per heavy atom. The van der Waals surface area contributed by atoms with E-state index in [0.29, 0.717) is 22.2 Å². The summed E-state index contributed by atoms with van der Waals surface area (Å²) in [6.07, 6.45) is 2.77. The zero-order valence-electron chi connectivity index (χ0n) is 14.1. The van der Waals surface area contributed by atoms with Gasteiger partial charge in [-0.2, -0.15) is 5.26 Å². The summed E-state index contributed by atoms with van der Waals surface area (Å²) < 4.78 is 5.77. The molecule has 0 amide bonds. The number of imidazole rings is 1. The number of benzene rings is 2. The lowest BCUT2D eigenvalue weighted by molar-refractivity contribution is 0.217. The molecule has 1 aromatic heterocycles. The third kappa shape index (κ3) is 3.84. The standard InChI is InChI=1S/C20H18ClN3O/c1-3-13(2)25-19-9-8-14(11-16(19)21)10-15(12-22)20-23-17-6-4-5-7-18(17)24-20/h4-11,13H,3H2,1-2H3,(H,23,24)/b15-10-/t13-/m1/s1. The molecule has 4 nitrogen and oxygen atoms in total. The first kappa shape index (κ1) is 17.1. The highest BCUT2D eigenvalue weighted by atomic mass is 35.5. The van der Waals surface area contributed by atoms with E-state index in [1.807, 2.05) is 43.3 Å². The van der Waals surface area contributed by atoms with Gasteiger partial charge in [0.2, 0.25) is 0 Å². The van der Waals surface area contributed by atoms with Crippen LogP contribution in [0.1, 0.15) is 31.7 Å². The molecule has 1 N–H and O–H groups in total. The lowest BCUT2D eigenvalue weighted by Gasteiger charge is -2.14. The molecule has 0 fully saturated rings. The van der Waals surface area contributed by atoms with Crippen molar-refractivity contribution in [2.45, 2.75) is 26.4 Å².